The maximum Gasteiger partial charge on any atom is 0.253 e. The highest BCUT2D eigenvalue weighted by Crippen LogP contribution is 2.32. The van der Waals surface area contributed by atoms with Crippen molar-refractivity contribution in [2.24, 2.45) is 7.05 Å². The summed E-state index contributed by atoms with van der Waals surface area (Å²) in [5.74, 6) is 1.54. The van der Waals surface area contributed by atoms with E-state index in [1.54, 1.807) is 11.6 Å². The normalized spacial score (nSPS) is 16.3. The molecule has 6 heteroatoms. The zero-order valence-electron chi connectivity index (χ0n) is 18.4. The molecule has 1 aliphatic heterocycles. The maximum atomic E-state index is 12.1. The lowest BCUT2D eigenvalue weighted by Crippen LogP contribution is -2.22. The van der Waals surface area contributed by atoms with E-state index in [9.17, 15) is 4.79 Å². The first-order valence-corrected chi connectivity index (χ1v) is 10.8. The zero-order valence-corrected chi connectivity index (χ0v) is 18.4. The molecule has 30 heavy (non-hydrogen) atoms. The van der Waals surface area contributed by atoms with Crippen molar-refractivity contribution >= 4 is 11.0 Å². The molecule has 1 fully saturated rings. The maximum absolute atomic E-state index is 12.1. The lowest BCUT2D eigenvalue weighted by molar-refractivity contribution is 0.0613. The highest BCUT2D eigenvalue weighted by molar-refractivity contribution is 5.82. The van der Waals surface area contributed by atoms with Crippen molar-refractivity contribution in [2.75, 3.05) is 19.8 Å². The Morgan fingerprint density at radius 2 is 2.00 bits per heavy atom. The quantitative estimate of drug-likeness (QED) is 0.617. The van der Waals surface area contributed by atoms with Crippen molar-refractivity contribution in [1.29, 1.82) is 0 Å². The highest BCUT2D eigenvalue weighted by Gasteiger charge is 2.24. The van der Waals surface area contributed by atoms with E-state index in [0.29, 0.717) is 12.5 Å². The molecule has 4 rings (SSSR count). The summed E-state index contributed by atoms with van der Waals surface area (Å²) >= 11 is 0. The predicted molar refractivity (Wildman–Crippen MR) is 119 cm³/mol. The van der Waals surface area contributed by atoms with E-state index in [2.05, 4.69) is 29.7 Å². The minimum Gasteiger partial charge on any atom is -0.381 e. The van der Waals surface area contributed by atoms with Gasteiger partial charge in [-0.1, -0.05) is 6.07 Å². The van der Waals surface area contributed by atoms with Crippen LogP contribution in [-0.2, 0) is 23.1 Å². The SMILES string of the molecule is CCO[C@H](C)Cn1c(C2CCOCC2)nc2ccc(-c3cc(C)c(=O)n(C)c3)cc21. The van der Waals surface area contributed by atoms with Crippen molar-refractivity contribution in [3.63, 3.8) is 0 Å². The van der Waals surface area contributed by atoms with Crippen LogP contribution in [0.2, 0.25) is 0 Å². The second kappa shape index (κ2) is 8.74. The molecule has 0 radical (unpaired) electrons. The second-order valence-corrected chi connectivity index (χ2v) is 8.26. The lowest BCUT2D eigenvalue weighted by Gasteiger charge is -2.24. The summed E-state index contributed by atoms with van der Waals surface area (Å²) in [5, 5.41) is 0. The number of benzene rings is 1. The number of aryl methyl sites for hydroxylation is 2. The standard InChI is InChI=1S/C24H31N3O3/c1-5-30-17(3)14-27-22-13-19(20-12-16(2)24(28)26(4)15-20)6-7-21(22)25-23(27)18-8-10-29-11-9-18/h6-7,12-13,15,17-18H,5,8-11,14H2,1-4H3/t17-/m1/s1. The zero-order chi connectivity index (χ0) is 21.3. The van der Waals surface area contributed by atoms with Gasteiger partial charge in [0.05, 0.1) is 23.7 Å². The number of ether oxygens (including phenoxy) is 2. The van der Waals surface area contributed by atoms with Gasteiger partial charge >= 0.3 is 0 Å². The Balaban J connectivity index is 1.82. The average molecular weight is 410 g/mol. The molecule has 0 spiro atoms. The number of hydrogen-bond acceptors (Lipinski definition) is 4. The summed E-state index contributed by atoms with van der Waals surface area (Å²) in [7, 11) is 1.80. The van der Waals surface area contributed by atoms with Crippen LogP contribution in [0.4, 0.5) is 0 Å². The Morgan fingerprint density at radius 1 is 1.23 bits per heavy atom. The summed E-state index contributed by atoms with van der Waals surface area (Å²) < 4.78 is 15.4. The lowest BCUT2D eigenvalue weighted by atomic mass is 9.99. The van der Waals surface area contributed by atoms with Gasteiger partial charge in [0.1, 0.15) is 5.82 Å². The molecule has 0 amide bonds. The van der Waals surface area contributed by atoms with E-state index in [-0.39, 0.29) is 11.7 Å². The van der Waals surface area contributed by atoms with E-state index in [1.807, 2.05) is 26.1 Å². The summed E-state index contributed by atoms with van der Waals surface area (Å²) in [5.41, 5.74) is 5.03. The van der Waals surface area contributed by atoms with Gasteiger partial charge < -0.3 is 18.6 Å². The molecule has 1 atom stereocenters. The molecule has 0 saturated carbocycles. The molecular formula is C24H31N3O3. The summed E-state index contributed by atoms with van der Waals surface area (Å²) in [4.78, 5) is 17.1. The predicted octanol–water partition coefficient (Wildman–Crippen LogP) is 4.03. The van der Waals surface area contributed by atoms with Crippen LogP contribution in [0.3, 0.4) is 0 Å². The van der Waals surface area contributed by atoms with Gasteiger partial charge in [0.25, 0.3) is 5.56 Å². The van der Waals surface area contributed by atoms with Gasteiger partial charge in [0.15, 0.2) is 0 Å². The first kappa shape index (κ1) is 20.8. The van der Waals surface area contributed by atoms with Gasteiger partial charge in [-0.05, 0) is 62.9 Å². The van der Waals surface area contributed by atoms with Gasteiger partial charge in [-0.15, -0.1) is 0 Å². The first-order valence-electron chi connectivity index (χ1n) is 10.8. The van der Waals surface area contributed by atoms with Gasteiger partial charge in [0, 0.05) is 44.5 Å². The molecule has 0 unspecified atom stereocenters. The number of pyridine rings is 1. The first-order chi connectivity index (χ1) is 14.5. The Morgan fingerprint density at radius 3 is 2.70 bits per heavy atom. The minimum atomic E-state index is 0.0391. The van der Waals surface area contributed by atoms with Crippen LogP contribution in [0.5, 0.6) is 0 Å². The average Bonchev–Trinajstić information content (AvgIpc) is 3.10. The molecular weight excluding hydrogens is 378 g/mol. The Hall–Kier alpha value is -2.44. The van der Waals surface area contributed by atoms with Gasteiger partial charge in [-0.3, -0.25) is 4.79 Å². The van der Waals surface area contributed by atoms with Crippen molar-refractivity contribution in [3.8, 4) is 11.1 Å². The number of fused-ring (bicyclic) bond motifs is 1. The number of imidazole rings is 1. The van der Waals surface area contributed by atoms with Crippen molar-refractivity contribution in [2.45, 2.75) is 52.2 Å². The molecule has 1 aliphatic rings. The molecule has 1 saturated heterocycles. The topological polar surface area (TPSA) is 58.3 Å². The van der Waals surface area contributed by atoms with Crippen LogP contribution in [0.15, 0.2) is 35.3 Å². The molecule has 2 aromatic heterocycles. The van der Waals surface area contributed by atoms with Gasteiger partial charge in [-0.25, -0.2) is 4.98 Å². The Kier molecular flexibility index (Phi) is 6.06. The van der Waals surface area contributed by atoms with Crippen molar-refractivity contribution in [1.82, 2.24) is 14.1 Å². The third kappa shape index (κ3) is 4.07. The van der Waals surface area contributed by atoms with Crippen molar-refractivity contribution in [3.05, 3.63) is 52.2 Å². The molecule has 6 nitrogen and oxygen atoms in total. The third-order valence-electron chi connectivity index (χ3n) is 5.95. The molecule has 0 N–H and O–H groups in total. The fraction of sp³-hybridized carbons (Fsp3) is 0.500. The molecule has 0 aliphatic carbocycles. The van der Waals surface area contributed by atoms with Crippen molar-refractivity contribution < 1.29 is 9.47 Å². The Bertz CT molecular complexity index is 1070. The molecule has 160 valence electrons. The van der Waals surface area contributed by atoms with Crippen LogP contribution in [-0.4, -0.2) is 40.0 Å². The van der Waals surface area contributed by atoms with E-state index < -0.39 is 0 Å². The van der Waals surface area contributed by atoms with Gasteiger partial charge in [-0.2, -0.15) is 0 Å². The highest BCUT2D eigenvalue weighted by atomic mass is 16.5. The van der Waals surface area contributed by atoms with E-state index in [0.717, 1.165) is 66.1 Å². The van der Waals surface area contributed by atoms with Crippen LogP contribution in [0, 0.1) is 6.92 Å². The molecule has 3 heterocycles. The van der Waals surface area contributed by atoms with Crippen LogP contribution in [0.25, 0.3) is 22.2 Å². The fourth-order valence-electron chi connectivity index (χ4n) is 4.41. The number of aromatic nitrogens is 3. The van der Waals surface area contributed by atoms with E-state index >= 15 is 0 Å². The summed E-state index contributed by atoms with van der Waals surface area (Å²) in [6.07, 6.45) is 4.01. The summed E-state index contributed by atoms with van der Waals surface area (Å²) in [6.45, 7) is 9.05. The summed E-state index contributed by atoms with van der Waals surface area (Å²) in [6, 6.07) is 8.35. The van der Waals surface area contributed by atoms with E-state index in [1.165, 1.54) is 0 Å². The molecule has 0 bridgehead atoms. The number of hydrogen-bond donors (Lipinski definition) is 0. The smallest absolute Gasteiger partial charge is 0.253 e. The van der Waals surface area contributed by atoms with E-state index in [4.69, 9.17) is 14.5 Å². The fourth-order valence-corrected chi connectivity index (χ4v) is 4.41. The minimum absolute atomic E-state index is 0.0391. The number of rotatable bonds is 6. The van der Waals surface area contributed by atoms with Crippen LogP contribution >= 0.6 is 0 Å². The Labute approximate surface area is 177 Å². The van der Waals surface area contributed by atoms with Gasteiger partial charge in [0.2, 0.25) is 0 Å². The second-order valence-electron chi connectivity index (χ2n) is 8.26. The number of nitrogens with zero attached hydrogens (tertiary/aromatic N) is 3. The monoisotopic (exact) mass is 409 g/mol. The molecule has 1 aromatic carbocycles. The molecule has 3 aromatic rings. The van der Waals surface area contributed by atoms with Crippen LogP contribution < -0.4 is 5.56 Å². The van der Waals surface area contributed by atoms with Crippen LogP contribution in [0.1, 0.15) is 44.0 Å². The largest absolute Gasteiger partial charge is 0.381 e. The third-order valence-corrected chi connectivity index (χ3v) is 5.95.